The fourth-order valence-electron chi connectivity index (χ4n) is 8.31. The van der Waals surface area contributed by atoms with E-state index in [2.05, 4.69) is 15.8 Å². The molecule has 4 aliphatic rings. The van der Waals surface area contributed by atoms with Gasteiger partial charge in [0.1, 0.15) is 23.4 Å². The van der Waals surface area contributed by atoms with Gasteiger partial charge in [0, 0.05) is 67.2 Å². The first-order valence-electron chi connectivity index (χ1n) is 20.2. The maximum absolute atomic E-state index is 14.4. The molecule has 3 heterocycles. The Morgan fingerprint density at radius 3 is 2.27 bits per heavy atom. The van der Waals surface area contributed by atoms with Crippen molar-refractivity contribution in [3.63, 3.8) is 0 Å². The summed E-state index contributed by atoms with van der Waals surface area (Å²) in [5.41, 5.74) is 2.73. The topological polar surface area (TPSA) is 226 Å². The molecule has 0 spiro atoms. The number of hydrogen-bond acceptors (Lipinski definition) is 14. The Morgan fingerprint density at radius 2 is 1.63 bits per heavy atom. The number of phenolic OH excluding ortho intramolecular Hbond substituents is 3. The van der Waals surface area contributed by atoms with E-state index in [0.29, 0.717) is 0 Å². The third-order valence-corrected chi connectivity index (χ3v) is 12.1. The zero-order valence-corrected chi connectivity index (χ0v) is 35.2. The van der Waals surface area contributed by atoms with Gasteiger partial charge in [0.15, 0.2) is 5.75 Å². The standard InChI is InChI=1S/C44H59N3O12/c1-21-14-13-15-22(2)43(55)46-34-29(20-45-47-28-16-11-10-12-17-28)38(52)31-32(39(34)53)37(51)26(6)41-33(31)42(54)44(8,59-41)57-19-18-30(56-9)23(3)40(58-27(7)48)25(5)36(50)24(4)35(21)49/h13-15,18-21,23-25,28,30,35-36,40,47,49-53H,10-12,16-17H2,1-9H3,(H,46,55). The number of aromatic hydroxyl groups is 3. The Bertz CT molecular complexity index is 2050. The summed E-state index contributed by atoms with van der Waals surface area (Å²) in [5, 5.41) is 64.8. The molecule has 9 unspecified atom stereocenters. The van der Waals surface area contributed by atoms with E-state index in [-0.39, 0.29) is 50.5 Å². The highest BCUT2D eigenvalue weighted by atomic mass is 16.7. The van der Waals surface area contributed by atoms with E-state index in [1.165, 1.54) is 59.4 Å². The summed E-state index contributed by atoms with van der Waals surface area (Å²) in [6.07, 6.45) is 9.77. The molecule has 1 fully saturated rings. The molecule has 2 aromatic carbocycles. The number of hydrazone groups is 1. The van der Waals surface area contributed by atoms with Gasteiger partial charge < -0.3 is 55.2 Å². The quantitative estimate of drug-likeness (QED) is 0.0604. The molecule has 59 heavy (non-hydrogen) atoms. The fraction of sp³-hybridized carbons (Fsp3) is 0.545. The lowest BCUT2D eigenvalue weighted by Crippen LogP contribution is -2.46. The highest BCUT2D eigenvalue weighted by molar-refractivity contribution is 6.23. The summed E-state index contributed by atoms with van der Waals surface area (Å²) >= 11 is 0. The van der Waals surface area contributed by atoms with E-state index >= 15 is 0 Å². The van der Waals surface area contributed by atoms with Crippen molar-refractivity contribution in [1.82, 2.24) is 5.43 Å². The number of nitrogens with zero attached hydrogens (tertiary/aromatic N) is 1. The second-order valence-corrected chi connectivity index (χ2v) is 16.3. The second-order valence-electron chi connectivity index (χ2n) is 16.3. The fourth-order valence-corrected chi connectivity index (χ4v) is 8.31. The molecule has 9 atom stereocenters. The molecule has 6 rings (SSSR count). The van der Waals surface area contributed by atoms with Crippen LogP contribution in [0.4, 0.5) is 5.69 Å². The smallest absolute Gasteiger partial charge is 0.312 e. The molecule has 1 saturated carbocycles. The van der Waals surface area contributed by atoms with Crippen LogP contribution in [0.2, 0.25) is 0 Å². The number of rotatable bonds is 5. The van der Waals surface area contributed by atoms with Crippen LogP contribution in [0.1, 0.15) is 102 Å². The molecular weight excluding hydrogens is 762 g/mol. The van der Waals surface area contributed by atoms with E-state index in [0.717, 1.165) is 32.1 Å². The van der Waals surface area contributed by atoms with Gasteiger partial charge in [0.05, 0.1) is 53.0 Å². The van der Waals surface area contributed by atoms with Gasteiger partial charge in [-0.15, -0.1) is 0 Å². The third-order valence-electron chi connectivity index (χ3n) is 12.1. The van der Waals surface area contributed by atoms with E-state index in [1.54, 1.807) is 39.8 Å². The molecule has 2 aromatic rings. The number of ether oxygens (including phenoxy) is 4. The summed E-state index contributed by atoms with van der Waals surface area (Å²) in [6, 6.07) is 0.0702. The van der Waals surface area contributed by atoms with Gasteiger partial charge in [-0.25, -0.2) is 0 Å². The number of aliphatic hydroxyl groups excluding tert-OH is 2. The minimum absolute atomic E-state index is 0.0574. The number of hydrogen-bond donors (Lipinski definition) is 7. The first-order valence-corrected chi connectivity index (χ1v) is 20.2. The van der Waals surface area contributed by atoms with Gasteiger partial charge in [-0.1, -0.05) is 65.2 Å². The number of nitrogens with one attached hydrogen (secondary N) is 2. The van der Waals surface area contributed by atoms with E-state index in [4.69, 9.17) is 18.9 Å². The van der Waals surface area contributed by atoms with Gasteiger partial charge in [-0.05, 0) is 32.8 Å². The number of amides is 1. The number of ketones is 1. The van der Waals surface area contributed by atoms with E-state index in [9.17, 15) is 39.9 Å². The molecule has 3 aliphatic heterocycles. The van der Waals surface area contributed by atoms with Crippen LogP contribution in [0.3, 0.4) is 0 Å². The van der Waals surface area contributed by atoms with Crippen molar-refractivity contribution in [2.24, 2.45) is 28.8 Å². The minimum atomic E-state index is -2.04. The Labute approximate surface area is 344 Å². The van der Waals surface area contributed by atoms with Crippen LogP contribution in [-0.4, -0.2) is 92.8 Å². The third kappa shape index (κ3) is 9.07. The monoisotopic (exact) mass is 821 g/mol. The first-order chi connectivity index (χ1) is 27.8. The van der Waals surface area contributed by atoms with Crippen LogP contribution in [0.25, 0.3) is 10.8 Å². The van der Waals surface area contributed by atoms with Crippen molar-refractivity contribution < 1.29 is 58.9 Å². The predicted octanol–water partition coefficient (Wildman–Crippen LogP) is 6.01. The average Bonchev–Trinajstić information content (AvgIpc) is 3.47. The molecule has 7 N–H and O–H groups in total. The van der Waals surface area contributed by atoms with Crippen molar-refractivity contribution in [2.75, 3.05) is 12.4 Å². The number of phenols is 3. The van der Waals surface area contributed by atoms with Gasteiger partial charge in [0.25, 0.3) is 11.7 Å². The zero-order chi connectivity index (χ0) is 43.5. The van der Waals surface area contributed by atoms with Crippen molar-refractivity contribution in [3.8, 4) is 23.0 Å². The molecule has 322 valence electrons. The Kier molecular flexibility index (Phi) is 14.0. The molecule has 0 radical (unpaired) electrons. The van der Waals surface area contributed by atoms with Crippen LogP contribution in [0.15, 0.2) is 41.2 Å². The predicted molar refractivity (Wildman–Crippen MR) is 221 cm³/mol. The number of anilines is 1. The lowest BCUT2D eigenvalue weighted by atomic mass is 9.78. The van der Waals surface area contributed by atoms with Crippen LogP contribution in [0.5, 0.6) is 23.0 Å². The molecule has 5 bridgehead atoms. The lowest BCUT2D eigenvalue weighted by molar-refractivity contribution is -0.160. The highest BCUT2D eigenvalue weighted by Gasteiger charge is 2.50. The van der Waals surface area contributed by atoms with Gasteiger partial charge in [-0.2, -0.15) is 5.10 Å². The van der Waals surface area contributed by atoms with Gasteiger partial charge in [-0.3, -0.25) is 14.4 Å². The van der Waals surface area contributed by atoms with Crippen molar-refractivity contribution >= 4 is 40.3 Å². The average molecular weight is 822 g/mol. The molecule has 1 aliphatic carbocycles. The normalized spacial score (nSPS) is 30.0. The SMILES string of the molecule is COC1C=COC2(C)Oc3c(C)c(O)c4c(O)c(c(C=NNC5CCCCC5)c(O)c4c3C2=O)NC(=O)C(C)=CC=CC(C)C(O)C(C)C(O)C(C)C(OC(C)=O)C1C. The number of benzene rings is 2. The number of aliphatic hydroxyl groups is 2. The highest BCUT2D eigenvalue weighted by Crippen LogP contribution is 2.55. The Hall–Kier alpha value is -5.12. The summed E-state index contributed by atoms with van der Waals surface area (Å²) < 4.78 is 23.6. The largest absolute Gasteiger partial charge is 0.507 e. The Morgan fingerprint density at radius 1 is 0.949 bits per heavy atom. The number of fused-ring (bicyclic) bond motifs is 14. The first kappa shape index (κ1) is 45.0. The lowest BCUT2D eigenvalue weighted by Gasteiger charge is -2.38. The van der Waals surface area contributed by atoms with Crippen LogP contribution in [-0.2, 0) is 23.8 Å². The molecule has 1 amide bonds. The maximum Gasteiger partial charge on any atom is 0.312 e. The van der Waals surface area contributed by atoms with Crippen LogP contribution >= 0.6 is 0 Å². The number of esters is 1. The molecule has 15 nitrogen and oxygen atoms in total. The Balaban J connectivity index is 1.69. The number of methoxy groups -OCH3 is 1. The van der Waals surface area contributed by atoms with Crippen LogP contribution in [0, 0.1) is 30.6 Å². The summed E-state index contributed by atoms with van der Waals surface area (Å²) in [5.74, 6) is -8.33. The van der Waals surface area contributed by atoms with Gasteiger partial charge >= 0.3 is 11.8 Å². The zero-order valence-electron chi connectivity index (χ0n) is 35.2. The van der Waals surface area contributed by atoms with Crippen LogP contribution < -0.4 is 15.5 Å². The molecular formula is C44H59N3O12. The second kappa shape index (κ2) is 18.4. The molecule has 0 aromatic heterocycles. The summed E-state index contributed by atoms with van der Waals surface area (Å²) in [7, 11) is 1.44. The summed E-state index contributed by atoms with van der Waals surface area (Å²) in [4.78, 5) is 40.5. The number of allylic oxidation sites excluding steroid dienone is 2. The molecule has 15 heteroatoms. The number of Topliss-reactive ketones (excluding diaryl/α,β-unsaturated/α-hetero) is 1. The van der Waals surface area contributed by atoms with Crippen molar-refractivity contribution in [1.29, 1.82) is 0 Å². The summed E-state index contributed by atoms with van der Waals surface area (Å²) in [6.45, 7) is 12.5. The number of carbonyl (C=O) groups excluding carboxylic acids is 3. The van der Waals surface area contributed by atoms with E-state index in [1.807, 2.05) is 0 Å². The minimum Gasteiger partial charge on any atom is -0.507 e. The van der Waals surface area contributed by atoms with Gasteiger partial charge in [0.2, 0.25) is 0 Å². The van der Waals surface area contributed by atoms with E-state index < -0.39 is 88.8 Å². The maximum atomic E-state index is 14.4. The van der Waals surface area contributed by atoms with Crippen molar-refractivity contribution in [2.45, 2.75) is 124 Å². The number of carbonyl (C=O) groups is 3. The molecule has 0 saturated heterocycles. The van der Waals surface area contributed by atoms with Crippen molar-refractivity contribution in [3.05, 3.63) is 52.8 Å².